The summed E-state index contributed by atoms with van der Waals surface area (Å²) in [6.07, 6.45) is -2.01. The Kier molecular flexibility index (Phi) is 7.84. The minimum Gasteiger partial charge on any atom is -0.756 e. The fourth-order valence-corrected chi connectivity index (χ4v) is 4.09. The molecule has 0 aromatic heterocycles. The van der Waals surface area contributed by atoms with Gasteiger partial charge in [0.2, 0.25) is 5.91 Å². The zero-order valence-electron chi connectivity index (χ0n) is 18.8. The lowest BCUT2D eigenvalue weighted by atomic mass is 10.1. The lowest BCUT2D eigenvalue weighted by Gasteiger charge is -2.30. The second kappa shape index (κ2) is 11.0. The van der Waals surface area contributed by atoms with Crippen molar-refractivity contribution in [1.29, 1.82) is 0 Å². The predicted octanol–water partition coefficient (Wildman–Crippen LogP) is 3.63. The van der Waals surface area contributed by atoms with Crippen molar-refractivity contribution in [1.82, 2.24) is 5.06 Å². The second-order valence-electron chi connectivity index (χ2n) is 8.24. The van der Waals surface area contributed by atoms with Crippen LogP contribution in [0.15, 0.2) is 42.5 Å². The molecule has 2 fully saturated rings. The number of hydrogen-bond acceptors (Lipinski definition) is 7. The first kappa shape index (κ1) is 24.9. The lowest BCUT2D eigenvalue weighted by Crippen LogP contribution is -2.37. The van der Waals surface area contributed by atoms with Gasteiger partial charge in [0.15, 0.2) is 5.78 Å². The van der Waals surface area contributed by atoms with Crippen LogP contribution in [0.1, 0.15) is 23.2 Å². The third kappa shape index (κ3) is 6.08. The largest absolute Gasteiger partial charge is 0.756 e. The van der Waals surface area contributed by atoms with Gasteiger partial charge in [-0.2, -0.15) is 0 Å². The van der Waals surface area contributed by atoms with Crippen LogP contribution in [0.4, 0.5) is 20.6 Å². The van der Waals surface area contributed by atoms with Crippen molar-refractivity contribution in [3.8, 4) is 0 Å². The molecule has 2 aliphatic heterocycles. The molecule has 186 valence electrons. The maximum Gasteiger partial charge on any atom is 0.414 e. The Morgan fingerprint density at radius 2 is 1.83 bits per heavy atom. The molecule has 35 heavy (non-hydrogen) atoms. The number of Topliss-reactive ketones (excluding diaryl/α,β-unsaturated/α-hetero) is 1. The first-order valence-corrected chi connectivity index (χ1v) is 11.6. The molecule has 0 radical (unpaired) electrons. The maximum atomic E-state index is 14.7. The van der Waals surface area contributed by atoms with E-state index in [9.17, 15) is 24.0 Å². The molecule has 0 aliphatic carbocycles. The molecule has 0 N–H and O–H groups in total. The van der Waals surface area contributed by atoms with Gasteiger partial charge in [0.1, 0.15) is 11.9 Å². The highest BCUT2D eigenvalue weighted by Crippen LogP contribution is 2.28. The number of carbonyl (C=O) groups is 3. The van der Waals surface area contributed by atoms with Gasteiger partial charge >= 0.3 is 6.09 Å². The van der Waals surface area contributed by atoms with Gasteiger partial charge in [-0.05, 0) is 42.5 Å². The second-order valence-corrected chi connectivity index (χ2v) is 8.67. The standard InChI is InChI=1S/C24H24ClFN3O6/c25-17-3-1-16(2-4-17)22(30)7-8-23(31)29(33)15-19-14-28(24(32)35-19)18-5-6-21(20(26)13-18)27-9-11-34-12-10-27/h1-6,13,19H,7-12,14-15H2/q-1/t19-/m1/s1. The van der Waals surface area contributed by atoms with E-state index >= 15 is 0 Å². The summed E-state index contributed by atoms with van der Waals surface area (Å²) in [5, 5.41) is 12.9. The van der Waals surface area contributed by atoms with E-state index < -0.39 is 23.9 Å². The van der Waals surface area contributed by atoms with Crippen LogP contribution in [-0.2, 0) is 14.3 Å². The van der Waals surface area contributed by atoms with Crippen LogP contribution >= 0.6 is 11.6 Å². The number of hydrogen-bond donors (Lipinski definition) is 0. The summed E-state index contributed by atoms with van der Waals surface area (Å²) >= 11 is 5.80. The molecule has 2 aromatic rings. The van der Waals surface area contributed by atoms with Gasteiger partial charge in [-0.15, -0.1) is 0 Å². The predicted molar refractivity (Wildman–Crippen MR) is 127 cm³/mol. The number of amides is 2. The van der Waals surface area contributed by atoms with Crippen LogP contribution in [-0.4, -0.2) is 68.3 Å². The average Bonchev–Trinajstić information content (AvgIpc) is 3.22. The van der Waals surface area contributed by atoms with Crippen molar-refractivity contribution in [3.63, 3.8) is 0 Å². The number of anilines is 2. The highest BCUT2D eigenvalue weighted by atomic mass is 35.5. The van der Waals surface area contributed by atoms with Gasteiger partial charge in [-0.3, -0.25) is 14.5 Å². The van der Waals surface area contributed by atoms with Crippen LogP contribution in [0.5, 0.6) is 0 Å². The van der Waals surface area contributed by atoms with Crippen LogP contribution < -0.4 is 9.80 Å². The number of ether oxygens (including phenoxy) is 2. The number of carbonyl (C=O) groups excluding carboxylic acids is 3. The Labute approximate surface area is 206 Å². The van der Waals surface area contributed by atoms with Gasteiger partial charge < -0.3 is 24.6 Å². The van der Waals surface area contributed by atoms with Gasteiger partial charge in [0, 0.05) is 43.1 Å². The summed E-state index contributed by atoms with van der Waals surface area (Å²) in [5.74, 6) is -1.56. The summed E-state index contributed by atoms with van der Waals surface area (Å²) < 4.78 is 25.2. The van der Waals surface area contributed by atoms with E-state index in [1.54, 1.807) is 36.4 Å². The number of rotatable bonds is 8. The number of morpholine rings is 1. The molecule has 9 nitrogen and oxygen atoms in total. The number of cyclic esters (lactones) is 1. The smallest absolute Gasteiger partial charge is 0.414 e. The molecule has 1 atom stereocenters. The summed E-state index contributed by atoms with van der Waals surface area (Å²) in [4.78, 5) is 39.8. The summed E-state index contributed by atoms with van der Waals surface area (Å²) in [6, 6.07) is 10.7. The van der Waals surface area contributed by atoms with Crippen LogP contribution in [0.2, 0.25) is 5.02 Å². The number of halogens is 2. The van der Waals surface area contributed by atoms with E-state index in [0.29, 0.717) is 48.3 Å². The Balaban J connectivity index is 1.29. The monoisotopic (exact) mass is 504 g/mol. The number of nitrogens with zero attached hydrogens (tertiary/aromatic N) is 3. The fraction of sp³-hybridized carbons (Fsp3) is 0.375. The molecular formula is C24H24ClFN3O6-. The van der Waals surface area contributed by atoms with E-state index in [1.165, 1.54) is 11.0 Å². The third-order valence-electron chi connectivity index (χ3n) is 5.85. The van der Waals surface area contributed by atoms with E-state index in [4.69, 9.17) is 21.1 Å². The Bertz CT molecular complexity index is 1090. The van der Waals surface area contributed by atoms with E-state index in [2.05, 4.69) is 0 Å². The summed E-state index contributed by atoms with van der Waals surface area (Å²) in [6.45, 7) is 1.78. The first-order valence-electron chi connectivity index (χ1n) is 11.2. The van der Waals surface area contributed by atoms with Crippen molar-refractivity contribution in [2.75, 3.05) is 49.2 Å². The summed E-state index contributed by atoms with van der Waals surface area (Å²) in [7, 11) is 0. The SMILES string of the molecule is O=C(CCC(=O)N([O-])C[C@H]1CN(c2ccc(N3CCOCC3)c(F)c2)C(=O)O1)c1ccc(Cl)cc1. The zero-order chi connectivity index (χ0) is 24.9. The minimum absolute atomic E-state index is 0.00903. The number of ketones is 1. The van der Waals surface area contributed by atoms with E-state index in [0.717, 1.165) is 0 Å². The highest BCUT2D eigenvalue weighted by Gasteiger charge is 2.33. The van der Waals surface area contributed by atoms with Gasteiger partial charge in [0.25, 0.3) is 0 Å². The maximum absolute atomic E-state index is 14.7. The Morgan fingerprint density at radius 1 is 1.11 bits per heavy atom. The van der Waals surface area contributed by atoms with E-state index in [-0.39, 0.29) is 36.8 Å². The molecule has 0 bridgehead atoms. The van der Waals surface area contributed by atoms with Crippen molar-refractivity contribution < 1.29 is 28.2 Å². The number of hydroxylamine groups is 2. The molecule has 4 rings (SSSR count). The van der Waals surface area contributed by atoms with Gasteiger partial charge in [-0.25, -0.2) is 9.18 Å². The molecule has 0 spiro atoms. The molecule has 2 heterocycles. The molecule has 11 heteroatoms. The summed E-state index contributed by atoms with van der Waals surface area (Å²) in [5.41, 5.74) is 1.11. The van der Waals surface area contributed by atoms with Crippen LogP contribution in [0, 0.1) is 11.0 Å². The normalized spacial score (nSPS) is 17.9. The van der Waals surface area contributed by atoms with Crippen molar-refractivity contribution in [2.45, 2.75) is 18.9 Å². The van der Waals surface area contributed by atoms with Gasteiger partial charge in [-0.1, -0.05) is 11.6 Å². The quantitative estimate of drug-likeness (QED) is 0.399. The van der Waals surface area contributed by atoms with Crippen molar-refractivity contribution in [3.05, 3.63) is 64.1 Å². The molecule has 0 unspecified atom stereocenters. The first-order chi connectivity index (χ1) is 16.8. The van der Waals surface area contributed by atoms with E-state index in [1.807, 2.05) is 4.90 Å². The van der Waals surface area contributed by atoms with Crippen LogP contribution in [0.25, 0.3) is 0 Å². The molecule has 2 aliphatic rings. The van der Waals surface area contributed by atoms with Crippen LogP contribution in [0.3, 0.4) is 0 Å². The molecule has 2 saturated heterocycles. The zero-order valence-corrected chi connectivity index (χ0v) is 19.6. The van der Waals surface area contributed by atoms with Crippen molar-refractivity contribution >= 4 is 40.8 Å². The highest BCUT2D eigenvalue weighted by molar-refractivity contribution is 6.30. The Hall–Kier alpha value is -3.21. The molecule has 0 saturated carbocycles. The third-order valence-corrected chi connectivity index (χ3v) is 6.10. The van der Waals surface area contributed by atoms with Gasteiger partial charge in [0.05, 0.1) is 31.1 Å². The number of benzene rings is 2. The fourth-order valence-electron chi connectivity index (χ4n) is 3.96. The topological polar surface area (TPSA) is 102 Å². The Morgan fingerprint density at radius 3 is 2.51 bits per heavy atom. The minimum atomic E-state index is -0.877. The lowest BCUT2D eigenvalue weighted by molar-refractivity contribution is -0.129. The average molecular weight is 505 g/mol. The molecular weight excluding hydrogens is 481 g/mol. The molecule has 2 aromatic carbocycles. The molecule has 2 amide bonds. The van der Waals surface area contributed by atoms with Crippen molar-refractivity contribution in [2.24, 2.45) is 0 Å².